The number of benzene rings is 2. The zero-order chi connectivity index (χ0) is 23.1. The number of halogens is 3. The predicted molar refractivity (Wildman–Crippen MR) is 121 cm³/mol. The van der Waals surface area contributed by atoms with Crippen LogP contribution in [0, 0.1) is 5.92 Å². The van der Waals surface area contributed by atoms with Crippen molar-refractivity contribution in [3.8, 4) is 5.75 Å². The van der Waals surface area contributed by atoms with Crippen molar-refractivity contribution in [3.63, 3.8) is 0 Å². The maximum absolute atomic E-state index is 13.6. The van der Waals surface area contributed by atoms with Crippen LogP contribution in [0.15, 0.2) is 54.7 Å². The van der Waals surface area contributed by atoms with Crippen molar-refractivity contribution in [3.05, 3.63) is 65.9 Å². The molecule has 0 saturated carbocycles. The molecule has 0 bridgehead atoms. The number of alkyl halides is 3. The monoisotopic (exact) mass is 444 g/mol. The van der Waals surface area contributed by atoms with Gasteiger partial charge in [-0.2, -0.15) is 18.2 Å². The third-order valence-corrected chi connectivity index (χ3v) is 4.56. The van der Waals surface area contributed by atoms with E-state index in [1.807, 2.05) is 38.1 Å². The first-order chi connectivity index (χ1) is 15.3. The highest BCUT2D eigenvalue weighted by Crippen LogP contribution is 2.37. The Kier molecular flexibility index (Phi) is 7.56. The smallest absolute Gasteiger partial charge is 0.421 e. The number of hydrogen-bond acceptors (Lipinski definition) is 5. The lowest BCUT2D eigenvalue weighted by molar-refractivity contribution is -0.137. The van der Waals surface area contributed by atoms with E-state index in [-0.39, 0.29) is 17.7 Å². The highest BCUT2D eigenvalue weighted by molar-refractivity contribution is 5.67. The highest BCUT2D eigenvalue weighted by atomic mass is 19.4. The van der Waals surface area contributed by atoms with Crippen molar-refractivity contribution in [2.75, 3.05) is 17.2 Å². The van der Waals surface area contributed by atoms with E-state index >= 15 is 0 Å². The fraction of sp³-hybridized carbons (Fsp3) is 0.333. The van der Waals surface area contributed by atoms with Crippen molar-refractivity contribution < 1.29 is 17.9 Å². The van der Waals surface area contributed by atoms with E-state index < -0.39 is 11.7 Å². The summed E-state index contributed by atoms with van der Waals surface area (Å²) < 4.78 is 46.6. The number of rotatable bonds is 9. The van der Waals surface area contributed by atoms with Gasteiger partial charge in [0.05, 0.1) is 12.3 Å². The molecule has 0 saturated heterocycles. The molecule has 170 valence electrons. The normalized spacial score (nSPS) is 11.5. The van der Waals surface area contributed by atoms with Crippen LogP contribution in [0.1, 0.15) is 38.3 Å². The number of ether oxygens (including phenoxy) is 1. The van der Waals surface area contributed by atoms with Crippen LogP contribution in [0.3, 0.4) is 0 Å². The number of nitrogens with zero attached hydrogens (tertiary/aromatic N) is 2. The molecular weight excluding hydrogens is 417 g/mol. The van der Waals surface area contributed by atoms with Gasteiger partial charge in [0.15, 0.2) is 0 Å². The topological polar surface area (TPSA) is 59.1 Å². The summed E-state index contributed by atoms with van der Waals surface area (Å²) in [5, 5.41) is 5.76. The zero-order valence-corrected chi connectivity index (χ0v) is 18.3. The van der Waals surface area contributed by atoms with Crippen LogP contribution in [0.25, 0.3) is 0 Å². The summed E-state index contributed by atoms with van der Waals surface area (Å²) in [6.07, 6.45) is -1.84. The molecule has 1 heterocycles. The number of aromatic nitrogens is 2. The maximum atomic E-state index is 13.6. The zero-order valence-electron chi connectivity index (χ0n) is 18.3. The summed E-state index contributed by atoms with van der Waals surface area (Å²) in [6.45, 7) is 6.53. The number of anilines is 4. The quantitative estimate of drug-likeness (QED) is 0.373. The van der Waals surface area contributed by atoms with Gasteiger partial charge in [-0.05, 0) is 42.2 Å². The molecule has 1 aromatic heterocycles. The van der Waals surface area contributed by atoms with E-state index in [9.17, 15) is 13.2 Å². The van der Waals surface area contributed by atoms with E-state index in [0.717, 1.165) is 19.0 Å². The second-order valence-corrected chi connectivity index (χ2v) is 7.85. The summed E-state index contributed by atoms with van der Waals surface area (Å²) in [4.78, 5) is 7.99. The molecule has 0 aliphatic rings. The molecule has 32 heavy (non-hydrogen) atoms. The Morgan fingerprint density at radius 2 is 1.72 bits per heavy atom. The van der Waals surface area contributed by atoms with Crippen molar-refractivity contribution in [2.24, 2.45) is 5.92 Å². The number of aryl methyl sites for hydroxylation is 1. The van der Waals surface area contributed by atoms with E-state index in [0.29, 0.717) is 23.7 Å². The lowest BCUT2D eigenvalue weighted by atomic mass is 10.1. The number of nitrogens with one attached hydrogen (secondary N) is 2. The van der Waals surface area contributed by atoms with Gasteiger partial charge < -0.3 is 15.4 Å². The average Bonchev–Trinajstić information content (AvgIpc) is 2.74. The van der Waals surface area contributed by atoms with Crippen molar-refractivity contribution in [1.82, 2.24) is 9.97 Å². The van der Waals surface area contributed by atoms with E-state index in [1.54, 1.807) is 24.3 Å². The average molecular weight is 445 g/mol. The van der Waals surface area contributed by atoms with Crippen molar-refractivity contribution in [2.45, 2.75) is 39.8 Å². The van der Waals surface area contributed by atoms with E-state index in [2.05, 4.69) is 27.5 Å². The van der Waals surface area contributed by atoms with Crippen LogP contribution >= 0.6 is 0 Å². The first kappa shape index (κ1) is 23.4. The van der Waals surface area contributed by atoms with Gasteiger partial charge in [0, 0.05) is 11.9 Å². The van der Waals surface area contributed by atoms with Crippen LogP contribution in [-0.2, 0) is 12.6 Å². The molecule has 3 rings (SSSR count). The van der Waals surface area contributed by atoms with E-state index in [4.69, 9.17) is 4.74 Å². The summed E-state index contributed by atoms with van der Waals surface area (Å²) in [5.41, 5.74) is 1.32. The molecule has 0 aliphatic carbocycles. The number of hydrogen-bond donors (Lipinski definition) is 2. The fourth-order valence-corrected chi connectivity index (χ4v) is 3.00. The molecule has 0 radical (unpaired) electrons. The predicted octanol–water partition coefficient (Wildman–Crippen LogP) is 6.97. The lowest BCUT2D eigenvalue weighted by Gasteiger charge is -2.17. The molecule has 0 fully saturated rings. The fourth-order valence-electron chi connectivity index (χ4n) is 3.00. The Bertz CT molecular complexity index is 1020. The lowest BCUT2D eigenvalue weighted by Crippen LogP contribution is -2.13. The molecule has 2 aromatic carbocycles. The Labute approximate surface area is 186 Å². The molecule has 8 heteroatoms. The second kappa shape index (κ2) is 10.3. The molecule has 5 nitrogen and oxygen atoms in total. The summed E-state index contributed by atoms with van der Waals surface area (Å²) in [5.74, 6) is 0.434. The molecule has 0 unspecified atom stereocenters. The molecule has 2 N–H and O–H groups in total. The highest BCUT2D eigenvalue weighted by Gasteiger charge is 2.35. The third kappa shape index (κ3) is 6.35. The van der Waals surface area contributed by atoms with Gasteiger partial charge in [0.25, 0.3) is 0 Å². The van der Waals surface area contributed by atoms with Gasteiger partial charge in [-0.3, -0.25) is 0 Å². The minimum atomic E-state index is -4.61. The van der Waals surface area contributed by atoms with Gasteiger partial charge in [-0.1, -0.05) is 51.5 Å². The van der Waals surface area contributed by atoms with Crippen LogP contribution in [0.5, 0.6) is 5.75 Å². The Morgan fingerprint density at radius 1 is 1.00 bits per heavy atom. The number of para-hydroxylation sites is 2. The SMILES string of the molecule is CCCc1ccc(Nc2ncc(C(F)(F)F)c(Nc3ccccc3OCC(C)C)n2)cc1. The molecular formula is C24H27F3N4O. The third-order valence-electron chi connectivity index (χ3n) is 4.56. The molecule has 0 amide bonds. The van der Waals surface area contributed by atoms with Crippen LogP contribution in [0.2, 0.25) is 0 Å². The largest absolute Gasteiger partial charge is 0.491 e. The Balaban J connectivity index is 1.89. The molecule has 0 spiro atoms. The standard InChI is InChI=1S/C24H27F3N4O/c1-4-7-17-10-12-18(13-11-17)29-23-28-14-19(24(25,26)27)22(31-23)30-20-8-5-6-9-21(20)32-15-16(2)3/h5-6,8-14,16H,4,7,15H2,1-3H3,(H2,28,29,30,31). The van der Waals surface area contributed by atoms with Crippen LogP contribution in [-0.4, -0.2) is 16.6 Å². The maximum Gasteiger partial charge on any atom is 0.421 e. The van der Waals surface area contributed by atoms with E-state index in [1.165, 1.54) is 5.56 Å². The molecule has 3 aromatic rings. The first-order valence-electron chi connectivity index (χ1n) is 10.5. The minimum absolute atomic E-state index is 0.0596. The van der Waals surface area contributed by atoms with Gasteiger partial charge in [-0.25, -0.2) is 4.98 Å². The van der Waals surface area contributed by atoms with Gasteiger partial charge >= 0.3 is 6.18 Å². The summed E-state index contributed by atoms with van der Waals surface area (Å²) >= 11 is 0. The Morgan fingerprint density at radius 3 is 2.38 bits per heavy atom. The first-order valence-corrected chi connectivity index (χ1v) is 10.5. The van der Waals surface area contributed by atoms with Crippen molar-refractivity contribution >= 4 is 23.1 Å². The van der Waals surface area contributed by atoms with Gasteiger partial charge in [0.1, 0.15) is 17.1 Å². The summed E-state index contributed by atoms with van der Waals surface area (Å²) in [7, 11) is 0. The van der Waals surface area contributed by atoms with Crippen molar-refractivity contribution in [1.29, 1.82) is 0 Å². The molecule has 0 atom stereocenters. The second-order valence-electron chi connectivity index (χ2n) is 7.85. The molecule has 0 aliphatic heterocycles. The van der Waals surface area contributed by atoms with Crippen LogP contribution < -0.4 is 15.4 Å². The minimum Gasteiger partial charge on any atom is -0.491 e. The van der Waals surface area contributed by atoms with Gasteiger partial charge in [0.2, 0.25) is 5.95 Å². The van der Waals surface area contributed by atoms with Crippen LogP contribution in [0.4, 0.5) is 36.3 Å². The van der Waals surface area contributed by atoms with Gasteiger partial charge in [-0.15, -0.1) is 0 Å². The summed E-state index contributed by atoms with van der Waals surface area (Å²) in [6, 6.07) is 14.5. The Hall–Kier alpha value is -3.29.